The van der Waals surface area contributed by atoms with E-state index < -0.39 is 23.7 Å². The number of amides is 3. The Morgan fingerprint density at radius 3 is 2.34 bits per heavy atom. The Balaban J connectivity index is 1.62. The number of carbonyl (C=O) groups is 4. The van der Waals surface area contributed by atoms with Gasteiger partial charge in [0.25, 0.3) is 5.91 Å². The molecular formula is C25H25N3O7. The summed E-state index contributed by atoms with van der Waals surface area (Å²) in [6.07, 6.45) is 4.82. The van der Waals surface area contributed by atoms with Crippen molar-refractivity contribution >= 4 is 35.1 Å². The third-order valence-electron chi connectivity index (χ3n) is 6.07. The molecule has 0 radical (unpaired) electrons. The van der Waals surface area contributed by atoms with E-state index in [1.165, 1.54) is 44.5 Å². The van der Waals surface area contributed by atoms with E-state index in [9.17, 15) is 19.2 Å². The number of ether oxygens (including phenoxy) is 3. The highest BCUT2D eigenvalue weighted by atomic mass is 16.5. The maximum Gasteiger partial charge on any atom is 0.340 e. The number of hydrogen-bond acceptors (Lipinski definition) is 7. The second kappa shape index (κ2) is 9.88. The molecule has 2 N–H and O–H groups in total. The Labute approximate surface area is 201 Å². The molecule has 1 aliphatic carbocycles. The molecule has 1 fully saturated rings. The minimum Gasteiger partial charge on any atom is -0.493 e. The average Bonchev–Trinajstić information content (AvgIpc) is 2.90. The molecule has 10 heteroatoms. The molecule has 0 saturated carbocycles. The maximum absolute atomic E-state index is 13.1. The van der Waals surface area contributed by atoms with Crippen LogP contribution >= 0.6 is 0 Å². The van der Waals surface area contributed by atoms with Crippen LogP contribution in [0.4, 0.5) is 11.4 Å². The fourth-order valence-electron chi connectivity index (χ4n) is 4.22. The standard InChI is InChI=1S/C25H25N3O7/c1-33-20-12-18(25(32)35-3)19(13-21(20)34-2)26-22(29)14-7-6-8-15(11-14)28-24(31)17-10-5-4-9-16(17)23(30)27-28/h4-8,11-13,16-17H,9-10H2,1-3H3,(H,26,29)(H,27,30)/t16-,17-/m1/s1. The third-order valence-corrected chi connectivity index (χ3v) is 6.07. The SMILES string of the molecule is COC(=O)c1cc(OC)c(OC)cc1NC(=O)c1cccc(N2NC(=O)[C@@H]3CC=CC[C@H]3C2=O)c1. The lowest BCUT2D eigenvalue weighted by Gasteiger charge is -2.38. The number of benzene rings is 2. The van der Waals surface area contributed by atoms with Gasteiger partial charge in [0, 0.05) is 17.7 Å². The van der Waals surface area contributed by atoms with Crippen molar-refractivity contribution in [2.45, 2.75) is 12.8 Å². The molecule has 0 spiro atoms. The number of esters is 1. The van der Waals surface area contributed by atoms with E-state index in [2.05, 4.69) is 10.7 Å². The number of hydrazine groups is 1. The van der Waals surface area contributed by atoms with E-state index in [1.807, 2.05) is 12.2 Å². The summed E-state index contributed by atoms with van der Waals surface area (Å²) in [6, 6.07) is 9.15. The van der Waals surface area contributed by atoms with E-state index in [0.717, 1.165) is 0 Å². The second-order valence-corrected chi connectivity index (χ2v) is 8.05. The van der Waals surface area contributed by atoms with E-state index in [0.29, 0.717) is 30.0 Å². The van der Waals surface area contributed by atoms with Gasteiger partial charge in [-0.3, -0.25) is 19.8 Å². The van der Waals surface area contributed by atoms with Crippen LogP contribution in [0.25, 0.3) is 0 Å². The highest BCUT2D eigenvalue weighted by molar-refractivity contribution is 6.10. The normalized spacial score (nSPS) is 18.9. The molecule has 35 heavy (non-hydrogen) atoms. The molecule has 0 aromatic heterocycles. The molecule has 0 bridgehead atoms. The number of nitrogens with zero attached hydrogens (tertiary/aromatic N) is 1. The van der Waals surface area contributed by atoms with Crippen molar-refractivity contribution in [3.05, 3.63) is 59.7 Å². The smallest absolute Gasteiger partial charge is 0.340 e. The molecular weight excluding hydrogens is 454 g/mol. The van der Waals surface area contributed by atoms with Gasteiger partial charge in [-0.05, 0) is 31.0 Å². The molecule has 1 heterocycles. The lowest BCUT2D eigenvalue weighted by molar-refractivity contribution is -0.139. The number of methoxy groups -OCH3 is 3. The van der Waals surface area contributed by atoms with Gasteiger partial charge >= 0.3 is 5.97 Å². The van der Waals surface area contributed by atoms with Gasteiger partial charge in [0.15, 0.2) is 11.5 Å². The number of carbonyl (C=O) groups excluding carboxylic acids is 4. The second-order valence-electron chi connectivity index (χ2n) is 8.05. The van der Waals surface area contributed by atoms with Gasteiger partial charge in [0.05, 0.1) is 50.1 Å². The van der Waals surface area contributed by atoms with E-state index in [1.54, 1.807) is 18.2 Å². The van der Waals surface area contributed by atoms with E-state index >= 15 is 0 Å². The quantitative estimate of drug-likeness (QED) is 0.482. The van der Waals surface area contributed by atoms with Gasteiger partial charge in [-0.25, -0.2) is 9.80 Å². The third kappa shape index (κ3) is 4.54. The fourth-order valence-corrected chi connectivity index (χ4v) is 4.22. The molecule has 4 rings (SSSR count). The summed E-state index contributed by atoms with van der Waals surface area (Å²) in [6.45, 7) is 0. The van der Waals surface area contributed by atoms with Gasteiger partial charge in [0.2, 0.25) is 11.8 Å². The number of nitrogens with one attached hydrogen (secondary N) is 2. The first-order valence-corrected chi connectivity index (χ1v) is 10.9. The lowest BCUT2D eigenvalue weighted by atomic mass is 9.80. The molecule has 182 valence electrons. The number of anilines is 2. The molecule has 1 aliphatic heterocycles. The van der Waals surface area contributed by atoms with Crippen LogP contribution < -0.4 is 25.2 Å². The molecule has 0 unspecified atom stereocenters. The molecule has 2 atom stereocenters. The van der Waals surface area contributed by atoms with Crippen molar-refractivity contribution in [1.29, 1.82) is 0 Å². The highest BCUT2D eigenvalue weighted by Crippen LogP contribution is 2.35. The topological polar surface area (TPSA) is 123 Å². The van der Waals surface area contributed by atoms with Crippen LogP contribution in [0.15, 0.2) is 48.6 Å². The summed E-state index contributed by atoms with van der Waals surface area (Å²) in [5.74, 6) is -1.92. The number of fused-ring (bicyclic) bond motifs is 1. The first kappa shape index (κ1) is 23.8. The Morgan fingerprint density at radius 1 is 0.971 bits per heavy atom. The highest BCUT2D eigenvalue weighted by Gasteiger charge is 2.42. The maximum atomic E-state index is 13.1. The van der Waals surface area contributed by atoms with Crippen LogP contribution in [0.2, 0.25) is 0 Å². The van der Waals surface area contributed by atoms with Crippen LogP contribution in [0.5, 0.6) is 11.5 Å². The first-order valence-electron chi connectivity index (χ1n) is 10.9. The lowest BCUT2D eigenvalue weighted by Crippen LogP contribution is -2.59. The Bertz CT molecular complexity index is 1220. The predicted octanol–water partition coefficient (Wildman–Crippen LogP) is 2.70. The zero-order valence-corrected chi connectivity index (χ0v) is 19.5. The Hall–Kier alpha value is -4.34. The molecule has 2 aromatic rings. The van der Waals surface area contributed by atoms with Crippen molar-refractivity contribution in [3.63, 3.8) is 0 Å². The monoisotopic (exact) mass is 479 g/mol. The van der Waals surface area contributed by atoms with Crippen molar-refractivity contribution in [2.75, 3.05) is 31.7 Å². The van der Waals surface area contributed by atoms with Crippen molar-refractivity contribution in [1.82, 2.24) is 5.43 Å². The zero-order chi connectivity index (χ0) is 25.1. The zero-order valence-electron chi connectivity index (χ0n) is 19.5. The number of hydrogen-bond donors (Lipinski definition) is 2. The molecule has 1 saturated heterocycles. The van der Waals surface area contributed by atoms with Crippen LogP contribution in [0.3, 0.4) is 0 Å². The summed E-state index contributed by atoms with van der Waals surface area (Å²) in [7, 11) is 4.08. The number of allylic oxidation sites excluding steroid dienone is 2. The number of rotatable bonds is 6. The predicted molar refractivity (Wildman–Crippen MR) is 126 cm³/mol. The van der Waals surface area contributed by atoms with Crippen LogP contribution in [0.1, 0.15) is 33.6 Å². The van der Waals surface area contributed by atoms with Crippen molar-refractivity contribution < 1.29 is 33.4 Å². The minimum atomic E-state index is -0.673. The summed E-state index contributed by atoms with van der Waals surface area (Å²) in [5, 5.41) is 3.88. The van der Waals surface area contributed by atoms with Gasteiger partial charge in [-0.1, -0.05) is 18.2 Å². The Kier molecular flexibility index (Phi) is 6.72. The molecule has 10 nitrogen and oxygen atoms in total. The summed E-state index contributed by atoms with van der Waals surface area (Å²) >= 11 is 0. The van der Waals surface area contributed by atoms with E-state index in [4.69, 9.17) is 14.2 Å². The van der Waals surface area contributed by atoms with Crippen LogP contribution in [-0.4, -0.2) is 45.0 Å². The molecule has 2 aliphatic rings. The largest absolute Gasteiger partial charge is 0.493 e. The van der Waals surface area contributed by atoms with Gasteiger partial charge in [-0.15, -0.1) is 0 Å². The molecule has 3 amide bonds. The summed E-state index contributed by atoms with van der Waals surface area (Å²) in [5.41, 5.74) is 3.44. The Morgan fingerprint density at radius 2 is 1.66 bits per heavy atom. The van der Waals surface area contributed by atoms with Gasteiger partial charge in [-0.2, -0.15) is 0 Å². The van der Waals surface area contributed by atoms with Gasteiger partial charge < -0.3 is 19.5 Å². The van der Waals surface area contributed by atoms with E-state index in [-0.39, 0.29) is 28.6 Å². The van der Waals surface area contributed by atoms with Crippen LogP contribution in [-0.2, 0) is 14.3 Å². The minimum absolute atomic E-state index is 0.0736. The van der Waals surface area contributed by atoms with Gasteiger partial charge in [0.1, 0.15) is 0 Å². The fraction of sp³-hybridized carbons (Fsp3) is 0.280. The first-order chi connectivity index (χ1) is 16.9. The van der Waals surface area contributed by atoms with Crippen LogP contribution in [0, 0.1) is 11.8 Å². The summed E-state index contributed by atoms with van der Waals surface area (Å²) < 4.78 is 15.3. The van der Waals surface area contributed by atoms with Crippen molar-refractivity contribution in [3.8, 4) is 11.5 Å². The van der Waals surface area contributed by atoms with Crippen molar-refractivity contribution in [2.24, 2.45) is 11.8 Å². The average molecular weight is 479 g/mol. The molecule has 2 aromatic carbocycles. The summed E-state index contributed by atoms with van der Waals surface area (Å²) in [4.78, 5) is 51.0.